The first-order chi connectivity index (χ1) is 7.46. The number of hydrogen-bond donors (Lipinski definition) is 1. The summed E-state index contributed by atoms with van der Waals surface area (Å²) in [5.41, 5.74) is 0.714. The summed E-state index contributed by atoms with van der Waals surface area (Å²) in [5.74, 6) is 0.117. The van der Waals surface area contributed by atoms with E-state index in [2.05, 4.69) is 9.97 Å². The molecular weight excluding hydrogens is 204 g/mol. The molecule has 0 aliphatic rings. The Bertz CT molecular complexity index is 567. The zero-order valence-corrected chi connectivity index (χ0v) is 9.57. The number of H-pyrrole nitrogens is 1. The minimum absolute atomic E-state index is 0.117. The van der Waals surface area contributed by atoms with Crippen molar-refractivity contribution in [1.82, 2.24) is 9.97 Å². The van der Waals surface area contributed by atoms with Crippen LogP contribution in [0.3, 0.4) is 0 Å². The number of rotatable bonds is 1. The van der Waals surface area contributed by atoms with Crippen molar-refractivity contribution in [1.29, 1.82) is 0 Å². The number of nitrogens with one attached hydrogen (secondary N) is 1. The van der Waals surface area contributed by atoms with Crippen molar-refractivity contribution < 1.29 is 4.74 Å². The Morgan fingerprint density at radius 1 is 1.25 bits per heavy atom. The normalized spacial score (nSPS) is 11.7. The van der Waals surface area contributed by atoms with Gasteiger partial charge in [0.15, 0.2) is 0 Å². The Morgan fingerprint density at radius 3 is 2.62 bits per heavy atom. The predicted molar refractivity (Wildman–Crippen MR) is 62.7 cm³/mol. The highest BCUT2D eigenvalue weighted by Gasteiger charge is 2.15. The minimum Gasteiger partial charge on any atom is -0.468 e. The van der Waals surface area contributed by atoms with E-state index in [9.17, 15) is 4.79 Å². The van der Waals surface area contributed by atoms with Gasteiger partial charge in [-0.05, 0) is 32.9 Å². The fraction of sp³-hybridized carbons (Fsp3) is 0.333. The number of ether oxygens (including phenoxy) is 1. The van der Waals surface area contributed by atoms with E-state index < -0.39 is 5.60 Å². The van der Waals surface area contributed by atoms with Crippen LogP contribution in [0.2, 0.25) is 0 Å². The summed E-state index contributed by atoms with van der Waals surface area (Å²) in [6, 6.07) is 7.37. The zero-order valence-electron chi connectivity index (χ0n) is 9.57. The Labute approximate surface area is 93.3 Å². The van der Waals surface area contributed by atoms with E-state index in [1.165, 1.54) is 0 Å². The molecule has 0 spiro atoms. The van der Waals surface area contributed by atoms with Crippen LogP contribution < -0.4 is 10.3 Å². The van der Waals surface area contributed by atoms with Gasteiger partial charge in [-0.1, -0.05) is 12.1 Å². The maximum atomic E-state index is 11.7. The monoisotopic (exact) mass is 218 g/mol. The van der Waals surface area contributed by atoms with Crippen molar-refractivity contribution in [3.63, 3.8) is 0 Å². The summed E-state index contributed by atoms with van der Waals surface area (Å²) in [4.78, 5) is 18.6. The van der Waals surface area contributed by atoms with Crippen molar-refractivity contribution in [2.45, 2.75) is 26.4 Å². The molecule has 0 aliphatic carbocycles. The van der Waals surface area contributed by atoms with E-state index in [1.807, 2.05) is 45.0 Å². The minimum atomic E-state index is -0.428. The van der Waals surface area contributed by atoms with Gasteiger partial charge in [-0.15, -0.1) is 0 Å². The molecule has 0 atom stereocenters. The van der Waals surface area contributed by atoms with Gasteiger partial charge in [0.05, 0.1) is 11.0 Å². The van der Waals surface area contributed by atoms with Gasteiger partial charge >= 0.3 is 5.56 Å². The molecule has 0 bridgehead atoms. The Hall–Kier alpha value is -1.84. The third kappa shape index (κ3) is 2.21. The zero-order chi connectivity index (χ0) is 11.8. The quantitative estimate of drug-likeness (QED) is 0.797. The molecule has 16 heavy (non-hydrogen) atoms. The average molecular weight is 218 g/mol. The van der Waals surface area contributed by atoms with Gasteiger partial charge < -0.3 is 9.72 Å². The van der Waals surface area contributed by atoms with Gasteiger partial charge in [0.1, 0.15) is 5.60 Å². The number of aromatic nitrogens is 2. The van der Waals surface area contributed by atoms with Crippen molar-refractivity contribution in [2.24, 2.45) is 0 Å². The maximum absolute atomic E-state index is 11.7. The first-order valence-electron chi connectivity index (χ1n) is 5.14. The van der Waals surface area contributed by atoms with Gasteiger partial charge in [0.2, 0.25) is 0 Å². The van der Waals surface area contributed by atoms with Gasteiger partial charge in [0, 0.05) is 0 Å². The standard InChI is InChI=1S/C12H14N2O2/c1-12(2,3)16-11-10(15)13-8-6-4-5-7-9(8)14-11/h4-7H,1-3H3,(H,13,15). The number of benzene rings is 1. The number of hydrogen-bond acceptors (Lipinski definition) is 3. The van der Waals surface area contributed by atoms with Gasteiger partial charge in [-0.25, -0.2) is 4.98 Å². The van der Waals surface area contributed by atoms with Crippen molar-refractivity contribution in [3.05, 3.63) is 34.6 Å². The number of nitrogens with zero attached hydrogens (tertiary/aromatic N) is 1. The molecular formula is C12H14N2O2. The van der Waals surface area contributed by atoms with Crippen LogP contribution >= 0.6 is 0 Å². The molecule has 1 N–H and O–H groups in total. The molecule has 1 aromatic carbocycles. The smallest absolute Gasteiger partial charge is 0.311 e. The van der Waals surface area contributed by atoms with Crippen LogP contribution in [0.1, 0.15) is 20.8 Å². The lowest BCUT2D eigenvalue weighted by molar-refractivity contribution is 0.122. The molecule has 0 saturated carbocycles. The number of para-hydroxylation sites is 2. The molecule has 1 aromatic heterocycles. The molecule has 4 heteroatoms. The first-order valence-corrected chi connectivity index (χ1v) is 5.14. The number of aromatic amines is 1. The molecule has 0 radical (unpaired) electrons. The Morgan fingerprint density at radius 2 is 1.94 bits per heavy atom. The number of fused-ring (bicyclic) bond motifs is 1. The van der Waals surface area contributed by atoms with Crippen LogP contribution in [0.5, 0.6) is 5.88 Å². The fourth-order valence-electron chi connectivity index (χ4n) is 1.37. The summed E-state index contributed by atoms with van der Waals surface area (Å²) in [6.45, 7) is 5.63. The molecule has 4 nitrogen and oxygen atoms in total. The Balaban J connectivity index is 2.55. The second-order valence-corrected chi connectivity index (χ2v) is 4.60. The van der Waals surface area contributed by atoms with E-state index in [1.54, 1.807) is 0 Å². The lowest BCUT2D eigenvalue weighted by Gasteiger charge is -2.19. The van der Waals surface area contributed by atoms with Crippen molar-refractivity contribution >= 4 is 11.0 Å². The van der Waals surface area contributed by atoms with E-state index in [0.717, 1.165) is 5.52 Å². The molecule has 0 unspecified atom stereocenters. The first kappa shape index (κ1) is 10.7. The van der Waals surface area contributed by atoms with E-state index in [0.29, 0.717) is 5.52 Å². The highest BCUT2D eigenvalue weighted by molar-refractivity contribution is 5.73. The molecule has 0 aliphatic heterocycles. The van der Waals surface area contributed by atoms with Gasteiger partial charge in [0.25, 0.3) is 5.88 Å². The van der Waals surface area contributed by atoms with Crippen LogP contribution in [0, 0.1) is 0 Å². The highest BCUT2D eigenvalue weighted by Crippen LogP contribution is 2.14. The summed E-state index contributed by atoms with van der Waals surface area (Å²) in [6.07, 6.45) is 0. The Kier molecular flexibility index (Phi) is 2.42. The fourth-order valence-corrected chi connectivity index (χ4v) is 1.37. The van der Waals surface area contributed by atoms with Crippen molar-refractivity contribution in [3.8, 4) is 5.88 Å². The van der Waals surface area contributed by atoms with Crippen LogP contribution in [0.25, 0.3) is 11.0 Å². The van der Waals surface area contributed by atoms with Gasteiger partial charge in [-0.2, -0.15) is 0 Å². The SMILES string of the molecule is CC(C)(C)Oc1nc2ccccc2[nH]c1=O. The van der Waals surface area contributed by atoms with Crippen LogP contribution in [-0.2, 0) is 0 Å². The third-order valence-corrected chi connectivity index (χ3v) is 1.97. The molecule has 0 fully saturated rings. The van der Waals surface area contributed by atoms with Crippen LogP contribution in [0.4, 0.5) is 0 Å². The highest BCUT2D eigenvalue weighted by atomic mass is 16.5. The lowest BCUT2D eigenvalue weighted by Crippen LogP contribution is -2.27. The molecule has 1 heterocycles. The van der Waals surface area contributed by atoms with Crippen LogP contribution in [-0.4, -0.2) is 15.6 Å². The van der Waals surface area contributed by atoms with Crippen molar-refractivity contribution in [2.75, 3.05) is 0 Å². The molecule has 84 valence electrons. The topological polar surface area (TPSA) is 55.0 Å². The summed E-state index contributed by atoms with van der Waals surface area (Å²) < 4.78 is 5.49. The average Bonchev–Trinajstić information content (AvgIpc) is 2.17. The maximum Gasteiger partial charge on any atom is 0.311 e. The molecule has 0 amide bonds. The summed E-state index contributed by atoms with van der Waals surface area (Å²) in [5, 5.41) is 0. The van der Waals surface area contributed by atoms with E-state index in [-0.39, 0.29) is 11.4 Å². The summed E-state index contributed by atoms with van der Waals surface area (Å²) in [7, 11) is 0. The largest absolute Gasteiger partial charge is 0.468 e. The van der Waals surface area contributed by atoms with Gasteiger partial charge in [-0.3, -0.25) is 4.79 Å². The lowest BCUT2D eigenvalue weighted by atomic mass is 10.2. The molecule has 2 rings (SSSR count). The van der Waals surface area contributed by atoms with E-state index in [4.69, 9.17) is 4.74 Å². The van der Waals surface area contributed by atoms with Crippen LogP contribution in [0.15, 0.2) is 29.1 Å². The van der Waals surface area contributed by atoms with E-state index >= 15 is 0 Å². The summed E-state index contributed by atoms with van der Waals surface area (Å²) >= 11 is 0. The predicted octanol–water partition coefficient (Wildman–Crippen LogP) is 2.10. The second kappa shape index (κ2) is 3.63. The molecule has 0 saturated heterocycles. The molecule has 2 aromatic rings. The second-order valence-electron chi connectivity index (χ2n) is 4.60. The third-order valence-electron chi connectivity index (χ3n) is 1.97.